The predicted molar refractivity (Wildman–Crippen MR) is 111 cm³/mol. The van der Waals surface area contributed by atoms with Crippen LogP contribution in [0.25, 0.3) is 0 Å². The number of nitrogens with zero attached hydrogens (tertiary/aromatic N) is 2. The molecule has 1 aliphatic carbocycles. The number of aryl methyl sites for hydroxylation is 1. The van der Waals surface area contributed by atoms with E-state index < -0.39 is 10.0 Å². The lowest BCUT2D eigenvalue weighted by molar-refractivity contribution is 0.0761. The Labute approximate surface area is 171 Å². The van der Waals surface area contributed by atoms with E-state index in [1.807, 2.05) is 0 Å². The van der Waals surface area contributed by atoms with Gasteiger partial charge in [-0.1, -0.05) is 24.3 Å². The van der Waals surface area contributed by atoms with E-state index in [9.17, 15) is 13.2 Å². The largest absolute Gasteiger partial charge is 0.331 e. The van der Waals surface area contributed by atoms with Crippen LogP contribution in [0.4, 0.5) is 0 Å². The number of nitriles is 1. The van der Waals surface area contributed by atoms with Crippen LogP contribution in [0.3, 0.4) is 0 Å². The van der Waals surface area contributed by atoms with Crippen LogP contribution in [0.1, 0.15) is 39.9 Å². The van der Waals surface area contributed by atoms with Crippen LogP contribution in [-0.4, -0.2) is 31.8 Å². The van der Waals surface area contributed by atoms with Gasteiger partial charge in [0.15, 0.2) is 0 Å². The Morgan fingerprint density at radius 2 is 1.97 bits per heavy atom. The SMILES string of the molecule is C=CCN(Cc1ccc(C#N)cc1)C(=O)c1cc(S(=O)(=O)NC2CC2)ccc1C. The van der Waals surface area contributed by atoms with Gasteiger partial charge in [0.05, 0.1) is 16.5 Å². The third kappa shape index (κ3) is 5.11. The molecule has 0 heterocycles. The Morgan fingerprint density at radius 3 is 2.55 bits per heavy atom. The number of amides is 1. The number of hydrogen-bond acceptors (Lipinski definition) is 4. The molecule has 3 rings (SSSR count). The van der Waals surface area contributed by atoms with Crippen LogP contribution in [-0.2, 0) is 16.6 Å². The zero-order valence-electron chi connectivity index (χ0n) is 16.3. The standard InChI is InChI=1S/C22H23N3O3S/c1-3-12-25(15-18-7-5-17(14-23)6-8-18)22(26)21-13-20(11-4-16(21)2)29(27,28)24-19-9-10-19/h3-8,11,13,19,24H,1,9-10,12,15H2,2H3. The highest BCUT2D eigenvalue weighted by Crippen LogP contribution is 2.24. The van der Waals surface area contributed by atoms with E-state index in [1.165, 1.54) is 12.1 Å². The summed E-state index contributed by atoms with van der Waals surface area (Å²) in [6.07, 6.45) is 3.31. The Bertz CT molecular complexity index is 1070. The van der Waals surface area contributed by atoms with E-state index in [-0.39, 0.29) is 16.8 Å². The van der Waals surface area contributed by atoms with Crippen molar-refractivity contribution >= 4 is 15.9 Å². The summed E-state index contributed by atoms with van der Waals surface area (Å²) >= 11 is 0. The second-order valence-electron chi connectivity index (χ2n) is 7.16. The van der Waals surface area contributed by atoms with E-state index in [2.05, 4.69) is 17.4 Å². The topological polar surface area (TPSA) is 90.3 Å². The van der Waals surface area contributed by atoms with Gasteiger partial charge in [0.1, 0.15) is 0 Å². The lowest BCUT2D eigenvalue weighted by atomic mass is 10.1. The second-order valence-corrected chi connectivity index (χ2v) is 8.87. The van der Waals surface area contributed by atoms with Gasteiger partial charge in [-0.3, -0.25) is 4.79 Å². The van der Waals surface area contributed by atoms with Gasteiger partial charge >= 0.3 is 0 Å². The van der Waals surface area contributed by atoms with E-state index in [0.29, 0.717) is 29.8 Å². The number of hydrogen-bond donors (Lipinski definition) is 1. The molecule has 1 amide bonds. The minimum Gasteiger partial charge on any atom is -0.331 e. The van der Waals surface area contributed by atoms with Crippen molar-refractivity contribution < 1.29 is 13.2 Å². The number of nitrogens with one attached hydrogen (secondary N) is 1. The van der Waals surface area contributed by atoms with Crippen LogP contribution in [0, 0.1) is 18.3 Å². The third-order valence-corrected chi connectivity index (χ3v) is 6.26. The first-order valence-electron chi connectivity index (χ1n) is 9.36. The Balaban J connectivity index is 1.87. The molecule has 1 aliphatic rings. The van der Waals surface area contributed by atoms with Crippen LogP contribution >= 0.6 is 0 Å². The monoisotopic (exact) mass is 409 g/mol. The summed E-state index contributed by atoms with van der Waals surface area (Å²) < 4.78 is 27.7. The molecule has 0 aromatic heterocycles. The van der Waals surface area contributed by atoms with Gasteiger partial charge in [0, 0.05) is 24.7 Å². The molecule has 1 fully saturated rings. The Hall–Kier alpha value is -2.95. The first-order chi connectivity index (χ1) is 13.8. The van der Waals surface area contributed by atoms with Crippen molar-refractivity contribution in [1.29, 1.82) is 5.26 Å². The minimum atomic E-state index is -3.65. The molecule has 29 heavy (non-hydrogen) atoms. The molecule has 0 aliphatic heterocycles. The molecule has 7 heteroatoms. The van der Waals surface area contributed by atoms with Crippen LogP contribution in [0.2, 0.25) is 0 Å². The van der Waals surface area contributed by atoms with Crippen LogP contribution < -0.4 is 4.72 Å². The molecular weight excluding hydrogens is 386 g/mol. The van der Waals surface area contributed by atoms with Gasteiger partial charge in [-0.05, 0) is 55.2 Å². The zero-order valence-corrected chi connectivity index (χ0v) is 17.1. The van der Waals surface area contributed by atoms with Gasteiger partial charge in [-0.25, -0.2) is 13.1 Å². The third-order valence-electron chi connectivity index (χ3n) is 4.74. The second kappa shape index (κ2) is 8.60. The van der Waals surface area contributed by atoms with Gasteiger partial charge in [0.25, 0.3) is 5.91 Å². The van der Waals surface area contributed by atoms with Crippen LogP contribution in [0.5, 0.6) is 0 Å². The fourth-order valence-electron chi connectivity index (χ4n) is 2.94. The number of rotatable bonds is 8. The van der Waals surface area contributed by atoms with E-state index in [1.54, 1.807) is 48.2 Å². The average Bonchev–Trinajstić information content (AvgIpc) is 3.51. The first-order valence-corrected chi connectivity index (χ1v) is 10.8. The molecule has 1 N–H and O–H groups in total. The number of carbonyl (C=O) groups is 1. The fourth-order valence-corrected chi connectivity index (χ4v) is 4.27. The van der Waals surface area contributed by atoms with E-state index in [4.69, 9.17) is 5.26 Å². The highest BCUT2D eigenvalue weighted by molar-refractivity contribution is 7.89. The predicted octanol–water partition coefficient (Wildman–Crippen LogP) is 3.14. The zero-order chi connectivity index (χ0) is 21.0. The maximum absolute atomic E-state index is 13.2. The summed E-state index contributed by atoms with van der Waals surface area (Å²) in [5.74, 6) is -0.268. The quantitative estimate of drug-likeness (QED) is 0.678. The molecule has 0 saturated heterocycles. The lowest BCUT2D eigenvalue weighted by Crippen LogP contribution is -2.32. The Morgan fingerprint density at radius 1 is 1.28 bits per heavy atom. The fraction of sp³-hybridized carbons (Fsp3) is 0.273. The smallest absolute Gasteiger partial charge is 0.254 e. The molecule has 6 nitrogen and oxygen atoms in total. The highest BCUT2D eigenvalue weighted by atomic mass is 32.2. The number of sulfonamides is 1. The van der Waals surface area contributed by atoms with Crippen LogP contribution in [0.15, 0.2) is 60.0 Å². The number of benzene rings is 2. The molecule has 0 unspecified atom stereocenters. The number of carbonyl (C=O) groups excluding carboxylic acids is 1. The molecule has 150 valence electrons. The summed E-state index contributed by atoms with van der Waals surface area (Å²) in [4.78, 5) is 14.9. The summed E-state index contributed by atoms with van der Waals surface area (Å²) in [5, 5.41) is 8.93. The highest BCUT2D eigenvalue weighted by Gasteiger charge is 2.29. The minimum absolute atomic E-state index is 0.00546. The molecule has 0 radical (unpaired) electrons. The summed E-state index contributed by atoms with van der Waals surface area (Å²) in [6.45, 7) is 6.15. The maximum Gasteiger partial charge on any atom is 0.254 e. The lowest BCUT2D eigenvalue weighted by Gasteiger charge is -2.23. The summed E-state index contributed by atoms with van der Waals surface area (Å²) in [5.41, 5.74) is 2.47. The average molecular weight is 410 g/mol. The van der Waals surface area contributed by atoms with Crippen molar-refractivity contribution in [2.45, 2.75) is 37.2 Å². The summed E-state index contributed by atoms with van der Waals surface area (Å²) in [6, 6.07) is 13.7. The summed E-state index contributed by atoms with van der Waals surface area (Å²) in [7, 11) is -3.65. The molecule has 0 bridgehead atoms. The van der Waals surface area contributed by atoms with Crippen molar-refractivity contribution in [3.63, 3.8) is 0 Å². The van der Waals surface area contributed by atoms with E-state index >= 15 is 0 Å². The van der Waals surface area contributed by atoms with Gasteiger partial charge < -0.3 is 4.90 Å². The van der Waals surface area contributed by atoms with Crippen molar-refractivity contribution in [2.75, 3.05) is 6.54 Å². The van der Waals surface area contributed by atoms with Crippen molar-refractivity contribution in [1.82, 2.24) is 9.62 Å². The normalized spacial score (nSPS) is 13.5. The molecule has 2 aromatic carbocycles. The Kier molecular flexibility index (Phi) is 6.16. The van der Waals surface area contributed by atoms with Gasteiger partial charge in [0.2, 0.25) is 10.0 Å². The molecule has 0 atom stereocenters. The van der Waals surface area contributed by atoms with E-state index in [0.717, 1.165) is 18.4 Å². The molecular formula is C22H23N3O3S. The van der Waals surface area contributed by atoms with Crippen molar-refractivity contribution in [3.8, 4) is 6.07 Å². The van der Waals surface area contributed by atoms with Gasteiger partial charge in [-0.2, -0.15) is 5.26 Å². The van der Waals surface area contributed by atoms with Gasteiger partial charge in [-0.15, -0.1) is 6.58 Å². The molecule has 0 spiro atoms. The molecule has 1 saturated carbocycles. The van der Waals surface area contributed by atoms with Crippen molar-refractivity contribution in [3.05, 3.63) is 77.4 Å². The first kappa shape index (κ1) is 20.8. The van der Waals surface area contributed by atoms with Crippen molar-refractivity contribution in [2.24, 2.45) is 0 Å². The maximum atomic E-state index is 13.2. The molecule has 2 aromatic rings.